The van der Waals surface area contributed by atoms with Crippen LogP contribution in [0.25, 0.3) is 0 Å². The fourth-order valence-electron chi connectivity index (χ4n) is 2.04. The fraction of sp³-hybridized carbons (Fsp3) is 0.929. The number of carboxylic acid groups (broad SMARTS) is 1. The van der Waals surface area contributed by atoms with Crippen molar-refractivity contribution in [2.24, 2.45) is 11.7 Å². The van der Waals surface area contributed by atoms with Crippen LogP contribution < -0.4 is 5.73 Å². The van der Waals surface area contributed by atoms with Gasteiger partial charge >= 0.3 is 5.97 Å². The topological polar surface area (TPSA) is 66.6 Å². The van der Waals surface area contributed by atoms with Gasteiger partial charge in [-0.15, -0.1) is 0 Å². The van der Waals surface area contributed by atoms with E-state index in [1.54, 1.807) is 6.92 Å². The van der Waals surface area contributed by atoms with Crippen molar-refractivity contribution in [3.05, 3.63) is 0 Å². The van der Waals surface area contributed by atoms with E-state index in [0.717, 1.165) is 19.4 Å². The average Bonchev–Trinajstić information content (AvgIpc) is 2.22. The number of hydrogen-bond acceptors (Lipinski definition) is 3. The Morgan fingerprint density at radius 3 is 2.33 bits per heavy atom. The van der Waals surface area contributed by atoms with Crippen LogP contribution in [0.2, 0.25) is 0 Å². The molecule has 2 atom stereocenters. The van der Waals surface area contributed by atoms with Crippen LogP contribution in [0.3, 0.4) is 0 Å². The first-order chi connectivity index (χ1) is 8.16. The number of aliphatic carboxylic acids is 1. The van der Waals surface area contributed by atoms with Gasteiger partial charge in [0, 0.05) is 6.04 Å². The predicted octanol–water partition coefficient (Wildman–Crippen LogP) is 2.33. The Labute approximate surface area is 112 Å². The van der Waals surface area contributed by atoms with Crippen molar-refractivity contribution in [2.75, 3.05) is 13.6 Å². The van der Waals surface area contributed by atoms with E-state index in [-0.39, 0.29) is 0 Å². The molecule has 18 heavy (non-hydrogen) atoms. The average molecular weight is 258 g/mol. The molecule has 2 unspecified atom stereocenters. The molecular weight excluding hydrogens is 228 g/mol. The lowest BCUT2D eigenvalue weighted by Crippen LogP contribution is -2.44. The SMILES string of the molecule is CC(C)CC(C)N(C)CCCCC(C)(N)C(=O)O. The molecule has 0 aromatic heterocycles. The van der Waals surface area contributed by atoms with E-state index in [9.17, 15) is 4.79 Å². The number of carbonyl (C=O) groups is 1. The summed E-state index contributed by atoms with van der Waals surface area (Å²) in [6.45, 7) is 9.29. The van der Waals surface area contributed by atoms with E-state index in [2.05, 4.69) is 32.7 Å². The first-order valence-corrected chi connectivity index (χ1v) is 6.89. The van der Waals surface area contributed by atoms with E-state index < -0.39 is 11.5 Å². The third kappa shape index (κ3) is 6.97. The molecule has 0 aromatic rings. The summed E-state index contributed by atoms with van der Waals surface area (Å²) in [5.41, 5.74) is 4.61. The number of rotatable bonds is 9. The molecule has 0 spiro atoms. The van der Waals surface area contributed by atoms with Gasteiger partial charge in [-0.3, -0.25) is 4.79 Å². The minimum absolute atomic E-state index is 0.536. The quantitative estimate of drug-likeness (QED) is 0.623. The fourth-order valence-corrected chi connectivity index (χ4v) is 2.04. The lowest BCUT2D eigenvalue weighted by atomic mass is 9.96. The maximum absolute atomic E-state index is 10.8. The first kappa shape index (κ1) is 17.4. The Hall–Kier alpha value is -0.610. The van der Waals surface area contributed by atoms with E-state index in [1.807, 2.05) is 0 Å². The highest BCUT2D eigenvalue weighted by Crippen LogP contribution is 2.13. The molecule has 0 aliphatic rings. The summed E-state index contributed by atoms with van der Waals surface area (Å²) in [5.74, 6) is -0.203. The Kier molecular flexibility index (Phi) is 7.48. The van der Waals surface area contributed by atoms with Crippen LogP contribution in [0, 0.1) is 5.92 Å². The Bertz CT molecular complexity index is 252. The monoisotopic (exact) mass is 258 g/mol. The van der Waals surface area contributed by atoms with Crippen LogP contribution in [0.5, 0.6) is 0 Å². The molecule has 0 saturated carbocycles. The molecule has 0 bridgehead atoms. The molecule has 0 radical (unpaired) electrons. The van der Waals surface area contributed by atoms with Crippen LogP contribution in [0.1, 0.15) is 53.4 Å². The van der Waals surface area contributed by atoms with Gasteiger partial charge in [0.2, 0.25) is 0 Å². The van der Waals surface area contributed by atoms with Crippen molar-refractivity contribution in [3.8, 4) is 0 Å². The molecule has 0 saturated heterocycles. The van der Waals surface area contributed by atoms with Crippen LogP contribution >= 0.6 is 0 Å². The number of hydrogen-bond donors (Lipinski definition) is 2. The van der Waals surface area contributed by atoms with Crippen LogP contribution in [0.15, 0.2) is 0 Å². The van der Waals surface area contributed by atoms with Crippen molar-refractivity contribution >= 4 is 5.97 Å². The molecule has 0 rings (SSSR count). The van der Waals surface area contributed by atoms with E-state index in [1.165, 1.54) is 6.42 Å². The normalized spacial score (nSPS) is 16.9. The summed E-state index contributed by atoms with van der Waals surface area (Å²) in [7, 11) is 2.13. The Balaban J connectivity index is 3.81. The van der Waals surface area contributed by atoms with E-state index in [4.69, 9.17) is 10.8 Å². The molecule has 0 aliphatic heterocycles. The van der Waals surface area contributed by atoms with Gasteiger partial charge in [0.1, 0.15) is 5.54 Å². The zero-order valence-electron chi connectivity index (χ0n) is 12.6. The highest BCUT2D eigenvalue weighted by molar-refractivity contribution is 5.77. The van der Waals surface area contributed by atoms with Crippen LogP contribution in [-0.4, -0.2) is 41.1 Å². The highest BCUT2D eigenvalue weighted by atomic mass is 16.4. The molecule has 4 nitrogen and oxygen atoms in total. The Morgan fingerprint density at radius 2 is 1.89 bits per heavy atom. The third-order valence-electron chi connectivity index (χ3n) is 3.51. The molecule has 0 fully saturated rings. The molecule has 4 heteroatoms. The second-order valence-electron chi connectivity index (χ2n) is 6.14. The van der Waals surface area contributed by atoms with Gasteiger partial charge in [-0.1, -0.05) is 13.8 Å². The van der Waals surface area contributed by atoms with Crippen molar-refractivity contribution in [1.29, 1.82) is 0 Å². The number of carboxylic acids is 1. The van der Waals surface area contributed by atoms with Crippen LogP contribution in [0.4, 0.5) is 0 Å². The lowest BCUT2D eigenvalue weighted by molar-refractivity contribution is -0.142. The maximum Gasteiger partial charge on any atom is 0.323 e. The molecule has 3 N–H and O–H groups in total. The number of nitrogens with two attached hydrogens (primary N) is 1. The predicted molar refractivity (Wildman–Crippen MR) is 75.6 cm³/mol. The summed E-state index contributed by atoms with van der Waals surface area (Å²) >= 11 is 0. The molecule has 0 amide bonds. The highest BCUT2D eigenvalue weighted by Gasteiger charge is 2.26. The van der Waals surface area contributed by atoms with Gasteiger partial charge in [-0.2, -0.15) is 0 Å². The largest absolute Gasteiger partial charge is 0.480 e. The van der Waals surface area contributed by atoms with Gasteiger partial charge in [-0.25, -0.2) is 0 Å². The van der Waals surface area contributed by atoms with Crippen molar-refractivity contribution in [2.45, 2.75) is 65.0 Å². The second-order valence-corrected chi connectivity index (χ2v) is 6.14. The first-order valence-electron chi connectivity index (χ1n) is 6.89. The standard InChI is InChI=1S/C14H30N2O2/c1-11(2)10-12(3)16(5)9-7-6-8-14(4,15)13(17)18/h11-12H,6-10,15H2,1-5H3,(H,17,18). The molecule has 0 aromatic carbocycles. The van der Waals surface area contributed by atoms with Gasteiger partial charge in [0.15, 0.2) is 0 Å². The van der Waals surface area contributed by atoms with Gasteiger partial charge in [0.25, 0.3) is 0 Å². The third-order valence-corrected chi connectivity index (χ3v) is 3.51. The minimum atomic E-state index is -1.08. The zero-order chi connectivity index (χ0) is 14.3. The second kappa shape index (κ2) is 7.74. The molecular formula is C14H30N2O2. The summed E-state index contributed by atoms with van der Waals surface area (Å²) < 4.78 is 0. The smallest absolute Gasteiger partial charge is 0.323 e. The van der Waals surface area contributed by atoms with Crippen molar-refractivity contribution < 1.29 is 9.90 Å². The summed E-state index contributed by atoms with van der Waals surface area (Å²) in [6, 6.07) is 0.578. The minimum Gasteiger partial charge on any atom is -0.480 e. The van der Waals surface area contributed by atoms with Crippen LogP contribution in [-0.2, 0) is 4.79 Å². The number of unbranched alkanes of at least 4 members (excludes halogenated alkanes) is 1. The van der Waals surface area contributed by atoms with Gasteiger partial charge in [0.05, 0.1) is 0 Å². The molecule has 0 heterocycles. The van der Waals surface area contributed by atoms with E-state index >= 15 is 0 Å². The number of nitrogens with zero attached hydrogens (tertiary/aromatic N) is 1. The molecule has 0 aliphatic carbocycles. The van der Waals surface area contributed by atoms with Gasteiger partial charge < -0.3 is 15.7 Å². The zero-order valence-corrected chi connectivity index (χ0v) is 12.6. The van der Waals surface area contributed by atoms with E-state index in [0.29, 0.717) is 18.4 Å². The summed E-state index contributed by atoms with van der Waals surface area (Å²) in [5, 5.41) is 8.90. The Morgan fingerprint density at radius 1 is 1.33 bits per heavy atom. The van der Waals surface area contributed by atoms with Crippen molar-refractivity contribution in [3.63, 3.8) is 0 Å². The summed E-state index contributed by atoms with van der Waals surface area (Å²) in [4.78, 5) is 13.2. The maximum atomic E-state index is 10.8. The molecule has 108 valence electrons. The lowest BCUT2D eigenvalue weighted by Gasteiger charge is -2.26. The van der Waals surface area contributed by atoms with Crippen molar-refractivity contribution in [1.82, 2.24) is 4.90 Å². The summed E-state index contributed by atoms with van der Waals surface area (Å²) in [6.07, 6.45) is 3.59. The van der Waals surface area contributed by atoms with Gasteiger partial charge in [-0.05, 0) is 59.0 Å².